The van der Waals surface area contributed by atoms with Gasteiger partial charge in [-0.15, -0.1) is 5.10 Å². The van der Waals surface area contributed by atoms with Gasteiger partial charge in [-0.1, -0.05) is 5.21 Å². The molecule has 6 nitrogen and oxygen atoms in total. The van der Waals surface area contributed by atoms with Crippen LogP contribution in [0.4, 0.5) is 0 Å². The minimum absolute atomic E-state index is 0.139. The second-order valence-electron chi connectivity index (χ2n) is 3.47. The maximum Gasteiger partial charge on any atom is 0.270 e. The molecule has 16 heavy (non-hydrogen) atoms. The molecule has 0 unspecified atom stereocenters. The summed E-state index contributed by atoms with van der Waals surface area (Å²) in [5, 5.41) is 7.49. The monoisotopic (exact) mass is 217 g/mol. The van der Waals surface area contributed by atoms with Gasteiger partial charge in [-0.25, -0.2) is 4.68 Å². The number of amides is 1. The quantitative estimate of drug-likeness (QED) is 0.787. The maximum absolute atomic E-state index is 10.9. The number of aromatic nitrogens is 4. The van der Waals surface area contributed by atoms with Gasteiger partial charge in [-0.3, -0.25) is 9.78 Å². The summed E-state index contributed by atoms with van der Waals surface area (Å²) in [7, 11) is 0. The highest BCUT2D eigenvalue weighted by Crippen LogP contribution is 2.11. The van der Waals surface area contributed by atoms with Gasteiger partial charge in [0.05, 0.1) is 17.6 Å². The zero-order chi connectivity index (χ0) is 11.7. The van der Waals surface area contributed by atoms with E-state index in [0.717, 1.165) is 17.1 Å². The summed E-state index contributed by atoms with van der Waals surface area (Å²) >= 11 is 0. The minimum Gasteiger partial charge on any atom is -0.364 e. The largest absolute Gasteiger partial charge is 0.364 e. The summed E-state index contributed by atoms with van der Waals surface area (Å²) in [4.78, 5) is 15.2. The van der Waals surface area contributed by atoms with Crippen LogP contribution < -0.4 is 5.73 Å². The normalized spacial score (nSPS) is 10.4. The number of carbonyl (C=O) groups excluding carboxylic acids is 1. The zero-order valence-electron chi connectivity index (χ0n) is 9.01. The lowest BCUT2D eigenvalue weighted by atomic mass is 10.3. The number of rotatable bonds is 2. The molecule has 82 valence electrons. The van der Waals surface area contributed by atoms with Crippen LogP contribution in [0.5, 0.6) is 0 Å². The molecule has 0 aliphatic rings. The second kappa shape index (κ2) is 3.73. The summed E-state index contributed by atoms with van der Waals surface area (Å²) in [6, 6.07) is 3.74. The molecule has 0 fully saturated rings. The molecule has 2 heterocycles. The van der Waals surface area contributed by atoms with Crippen LogP contribution in [-0.2, 0) is 0 Å². The smallest absolute Gasteiger partial charge is 0.270 e. The van der Waals surface area contributed by atoms with Gasteiger partial charge in [0, 0.05) is 5.69 Å². The van der Waals surface area contributed by atoms with Crippen LogP contribution in [0.1, 0.15) is 21.9 Å². The highest BCUT2D eigenvalue weighted by Gasteiger charge is 2.09. The molecule has 6 heteroatoms. The molecule has 0 aliphatic heterocycles. The predicted octanol–water partition coefficient (Wildman–Crippen LogP) is 0.378. The van der Waals surface area contributed by atoms with Crippen molar-refractivity contribution in [2.45, 2.75) is 13.8 Å². The van der Waals surface area contributed by atoms with Crippen molar-refractivity contribution in [3.05, 3.63) is 35.4 Å². The fourth-order valence-corrected chi connectivity index (χ4v) is 1.42. The van der Waals surface area contributed by atoms with E-state index in [1.165, 1.54) is 10.9 Å². The molecule has 2 N–H and O–H groups in total. The molecular formula is C10H11N5O. The van der Waals surface area contributed by atoms with Crippen molar-refractivity contribution in [1.82, 2.24) is 20.0 Å². The number of primary amides is 1. The highest BCUT2D eigenvalue weighted by molar-refractivity contribution is 5.90. The predicted molar refractivity (Wildman–Crippen MR) is 57.1 cm³/mol. The van der Waals surface area contributed by atoms with E-state index in [9.17, 15) is 4.79 Å². The van der Waals surface area contributed by atoms with Gasteiger partial charge in [0.1, 0.15) is 0 Å². The number of carbonyl (C=O) groups is 1. The van der Waals surface area contributed by atoms with Gasteiger partial charge >= 0.3 is 0 Å². The number of nitrogens with zero attached hydrogens (tertiary/aromatic N) is 4. The fraction of sp³-hybridized carbons (Fsp3) is 0.200. The molecule has 0 bridgehead atoms. The Hall–Kier alpha value is -2.24. The van der Waals surface area contributed by atoms with Gasteiger partial charge in [-0.05, 0) is 26.0 Å². The average molecular weight is 217 g/mol. The number of hydrogen-bond donors (Lipinski definition) is 1. The van der Waals surface area contributed by atoms with E-state index in [1.807, 2.05) is 26.0 Å². The Labute approximate surface area is 92.1 Å². The van der Waals surface area contributed by atoms with Crippen LogP contribution in [0.25, 0.3) is 5.69 Å². The van der Waals surface area contributed by atoms with E-state index in [0.29, 0.717) is 0 Å². The highest BCUT2D eigenvalue weighted by atomic mass is 16.1. The Morgan fingerprint density at radius 1 is 1.38 bits per heavy atom. The molecular weight excluding hydrogens is 206 g/mol. The second-order valence-corrected chi connectivity index (χ2v) is 3.47. The fourth-order valence-electron chi connectivity index (χ4n) is 1.42. The lowest BCUT2D eigenvalue weighted by Gasteiger charge is -2.04. The maximum atomic E-state index is 10.9. The van der Waals surface area contributed by atoms with Crippen molar-refractivity contribution in [3.8, 4) is 5.69 Å². The first kappa shape index (κ1) is 10.3. The molecule has 0 radical (unpaired) electrons. The standard InChI is InChI=1S/C10H11N5O/c1-6-3-4-9(7(2)12-6)15-5-8(10(11)16)13-14-15/h3-5H,1-2H3,(H2,11,16). The first-order valence-corrected chi connectivity index (χ1v) is 4.74. The third-order valence-corrected chi connectivity index (χ3v) is 2.19. The number of pyridine rings is 1. The molecule has 2 aromatic heterocycles. The van der Waals surface area contributed by atoms with Crippen molar-refractivity contribution in [2.24, 2.45) is 5.73 Å². The Morgan fingerprint density at radius 3 is 2.69 bits per heavy atom. The molecule has 0 aromatic carbocycles. The Bertz CT molecular complexity index is 546. The molecule has 0 saturated carbocycles. The summed E-state index contributed by atoms with van der Waals surface area (Å²) in [5.41, 5.74) is 7.77. The molecule has 0 spiro atoms. The van der Waals surface area contributed by atoms with Crippen molar-refractivity contribution in [2.75, 3.05) is 0 Å². The third-order valence-electron chi connectivity index (χ3n) is 2.19. The van der Waals surface area contributed by atoms with Crippen molar-refractivity contribution in [1.29, 1.82) is 0 Å². The lowest BCUT2D eigenvalue weighted by Crippen LogP contribution is -2.11. The van der Waals surface area contributed by atoms with Gasteiger partial charge in [-0.2, -0.15) is 0 Å². The average Bonchev–Trinajstić information content (AvgIpc) is 2.66. The molecule has 0 saturated heterocycles. The van der Waals surface area contributed by atoms with Crippen LogP contribution in [0.3, 0.4) is 0 Å². The van der Waals surface area contributed by atoms with Gasteiger partial charge in [0.2, 0.25) is 0 Å². The van der Waals surface area contributed by atoms with Crippen molar-refractivity contribution in [3.63, 3.8) is 0 Å². The summed E-state index contributed by atoms with van der Waals surface area (Å²) in [6.45, 7) is 3.78. The Balaban J connectivity index is 2.46. The molecule has 2 aromatic rings. The van der Waals surface area contributed by atoms with Gasteiger partial charge in [0.15, 0.2) is 5.69 Å². The first-order chi connectivity index (χ1) is 7.58. The van der Waals surface area contributed by atoms with E-state index in [4.69, 9.17) is 5.73 Å². The Kier molecular flexibility index (Phi) is 2.40. The first-order valence-electron chi connectivity index (χ1n) is 4.74. The number of aryl methyl sites for hydroxylation is 2. The molecule has 0 aliphatic carbocycles. The third kappa shape index (κ3) is 1.77. The molecule has 1 amide bonds. The van der Waals surface area contributed by atoms with E-state index in [1.54, 1.807) is 0 Å². The van der Waals surface area contributed by atoms with Crippen LogP contribution in [0.15, 0.2) is 18.3 Å². The SMILES string of the molecule is Cc1ccc(-n2cc(C(N)=O)nn2)c(C)n1. The summed E-state index contributed by atoms with van der Waals surface area (Å²) < 4.78 is 1.49. The van der Waals surface area contributed by atoms with Gasteiger partial charge < -0.3 is 5.73 Å². The van der Waals surface area contributed by atoms with Crippen molar-refractivity contribution < 1.29 is 4.79 Å². The van der Waals surface area contributed by atoms with E-state index < -0.39 is 5.91 Å². The molecule has 0 atom stereocenters. The summed E-state index contributed by atoms with van der Waals surface area (Å²) in [6.07, 6.45) is 1.49. The van der Waals surface area contributed by atoms with Crippen LogP contribution >= 0.6 is 0 Å². The van der Waals surface area contributed by atoms with Crippen LogP contribution in [0.2, 0.25) is 0 Å². The number of nitrogens with two attached hydrogens (primary N) is 1. The van der Waals surface area contributed by atoms with Crippen molar-refractivity contribution >= 4 is 5.91 Å². The summed E-state index contributed by atoms with van der Waals surface area (Å²) in [5.74, 6) is -0.594. The minimum atomic E-state index is -0.594. The van der Waals surface area contributed by atoms with Crippen LogP contribution in [0, 0.1) is 13.8 Å². The van der Waals surface area contributed by atoms with E-state index >= 15 is 0 Å². The molecule has 2 rings (SSSR count). The zero-order valence-corrected chi connectivity index (χ0v) is 9.01. The van der Waals surface area contributed by atoms with Crippen LogP contribution in [-0.4, -0.2) is 25.9 Å². The topological polar surface area (TPSA) is 86.7 Å². The van der Waals surface area contributed by atoms with Gasteiger partial charge in [0.25, 0.3) is 5.91 Å². The van der Waals surface area contributed by atoms with E-state index in [-0.39, 0.29) is 5.69 Å². The van der Waals surface area contributed by atoms with E-state index in [2.05, 4.69) is 15.3 Å². The number of hydrogen-bond acceptors (Lipinski definition) is 4. The lowest BCUT2D eigenvalue weighted by molar-refractivity contribution is 0.0995. The Morgan fingerprint density at radius 2 is 2.12 bits per heavy atom.